The number of aromatic nitrogens is 2. The number of hydrogen-bond acceptors (Lipinski definition) is 5. The van der Waals surface area contributed by atoms with E-state index in [9.17, 15) is 9.59 Å². The third-order valence-electron chi connectivity index (χ3n) is 3.71. The van der Waals surface area contributed by atoms with E-state index in [-0.39, 0.29) is 0 Å². The molecular formula is C18H17N3O3S. The van der Waals surface area contributed by atoms with Crippen LogP contribution in [-0.4, -0.2) is 21.4 Å². The summed E-state index contributed by atoms with van der Waals surface area (Å²) < 4.78 is 7.02. The molecule has 0 spiro atoms. The van der Waals surface area contributed by atoms with E-state index in [0.717, 1.165) is 16.3 Å². The monoisotopic (exact) mass is 355 g/mol. The van der Waals surface area contributed by atoms with Crippen LogP contribution in [0.2, 0.25) is 0 Å². The molecule has 2 heterocycles. The third kappa shape index (κ3) is 3.61. The molecular weight excluding hydrogens is 338 g/mol. The van der Waals surface area contributed by atoms with Gasteiger partial charge in [0.25, 0.3) is 5.91 Å². The first-order valence-corrected chi connectivity index (χ1v) is 8.48. The van der Waals surface area contributed by atoms with Crippen molar-refractivity contribution in [1.82, 2.24) is 9.55 Å². The van der Waals surface area contributed by atoms with Gasteiger partial charge in [0.05, 0.1) is 10.7 Å². The molecule has 0 unspecified atom stereocenters. The molecule has 25 heavy (non-hydrogen) atoms. The van der Waals surface area contributed by atoms with Crippen LogP contribution in [0, 0.1) is 6.92 Å². The highest BCUT2D eigenvalue weighted by Gasteiger charge is 2.25. The minimum atomic E-state index is -1.13. The van der Waals surface area contributed by atoms with Crippen LogP contribution in [0.5, 0.6) is 0 Å². The molecule has 1 aromatic carbocycles. The zero-order valence-electron chi connectivity index (χ0n) is 13.8. The van der Waals surface area contributed by atoms with Crippen molar-refractivity contribution < 1.29 is 14.3 Å². The zero-order chi connectivity index (χ0) is 18.0. The molecule has 0 saturated heterocycles. The fourth-order valence-electron chi connectivity index (χ4n) is 2.49. The van der Waals surface area contributed by atoms with Crippen LogP contribution in [0.1, 0.15) is 27.2 Å². The molecule has 3 rings (SSSR count). The molecule has 0 radical (unpaired) electrons. The molecule has 0 bridgehead atoms. The van der Waals surface area contributed by atoms with Gasteiger partial charge in [-0.25, -0.2) is 9.78 Å². The summed E-state index contributed by atoms with van der Waals surface area (Å²) in [5, 5.41) is 2.87. The lowest BCUT2D eigenvalue weighted by atomic mass is 10.1. The molecule has 0 aliphatic carbocycles. The number of benzene rings is 1. The van der Waals surface area contributed by atoms with Crippen LogP contribution < -0.4 is 5.73 Å². The number of amides is 1. The molecule has 6 nitrogen and oxygen atoms in total. The van der Waals surface area contributed by atoms with Crippen molar-refractivity contribution in [2.75, 3.05) is 0 Å². The first-order valence-electron chi connectivity index (χ1n) is 7.60. The van der Waals surface area contributed by atoms with Crippen molar-refractivity contribution >= 4 is 23.2 Å². The van der Waals surface area contributed by atoms with E-state index >= 15 is 0 Å². The third-order valence-corrected chi connectivity index (χ3v) is 4.49. The van der Waals surface area contributed by atoms with Crippen molar-refractivity contribution in [2.24, 2.45) is 12.8 Å². The summed E-state index contributed by atoms with van der Waals surface area (Å²) >= 11 is 1.54. The predicted octanol–water partition coefficient (Wildman–Crippen LogP) is 2.84. The van der Waals surface area contributed by atoms with Crippen molar-refractivity contribution in [1.29, 1.82) is 0 Å². The van der Waals surface area contributed by atoms with E-state index in [4.69, 9.17) is 10.5 Å². The second-order valence-electron chi connectivity index (χ2n) is 5.58. The second-order valence-corrected chi connectivity index (χ2v) is 6.64. The number of thiazole rings is 1. The van der Waals surface area contributed by atoms with Gasteiger partial charge in [-0.1, -0.05) is 30.3 Å². The lowest BCUT2D eigenvalue weighted by Gasteiger charge is -2.15. The first-order chi connectivity index (χ1) is 12.0. The number of ether oxygens (including phenoxy) is 1. The number of nitrogens with two attached hydrogens (primary N) is 1. The van der Waals surface area contributed by atoms with Gasteiger partial charge < -0.3 is 15.0 Å². The number of carbonyl (C=O) groups is 2. The number of rotatable bonds is 5. The molecule has 128 valence electrons. The van der Waals surface area contributed by atoms with Gasteiger partial charge in [0.2, 0.25) is 6.10 Å². The minimum Gasteiger partial charge on any atom is -0.443 e. The molecule has 1 amide bonds. The Hall–Kier alpha value is -2.93. The lowest BCUT2D eigenvalue weighted by molar-refractivity contribution is -0.127. The Morgan fingerprint density at radius 1 is 1.28 bits per heavy atom. The summed E-state index contributed by atoms with van der Waals surface area (Å²) in [6.45, 7) is 1.92. The Bertz CT molecular complexity index is 915. The lowest BCUT2D eigenvalue weighted by Crippen LogP contribution is -2.26. The Morgan fingerprint density at radius 3 is 2.60 bits per heavy atom. The summed E-state index contributed by atoms with van der Waals surface area (Å²) in [7, 11) is 1.74. The smallest absolute Gasteiger partial charge is 0.356 e. The maximum Gasteiger partial charge on any atom is 0.356 e. The average Bonchev–Trinajstić information content (AvgIpc) is 3.18. The molecule has 1 atom stereocenters. The quantitative estimate of drug-likeness (QED) is 0.713. The highest BCUT2D eigenvalue weighted by atomic mass is 32.1. The summed E-state index contributed by atoms with van der Waals surface area (Å²) in [5.41, 5.74) is 7.87. The van der Waals surface area contributed by atoms with Gasteiger partial charge in [0.15, 0.2) is 0 Å². The molecule has 0 fully saturated rings. The highest BCUT2D eigenvalue weighted by Crippen LogP contribution is 2.25. The van der Waals surface area contributed by atoms with Crippen LogP contribution in [0.3, 0.4) is 0 Å². The summed E-state index contributed by atoms with van der Waals surface area (Å²) in [6, 6.07) is 10.4. The van der Waals surface area contributed by atoms with E-state index < -0.39 is 18.0 Å². The van der Waals surface area contributed by atoms with Crippen LogP contribution in [0.15, 0.2) is 48.0 Å². The molecule has 2 N–H and O–H groups in total. The fourth-order valence-corrected chi connectivity index (χ4v) is 3.11. The van der Waals surface area contributed by atoms with Gasteiger partial charge in [-0.2, -0.15) is 0 Å². The van der Waals surface area contributed by atoms with Gasteiger partial charge in [-0.15, -0.1) is 11.3 Å². The number of primary amides is 1. The fraction of sp³-hybridized carbons (Fsp3) is 0.167. The van der Waals surface area contributed by atoms with Crippen molar-refractivity contribution in [2.45, 2.75) is 13.0 Å². The summed E-state index contributed by atoms with van der Waals surface area (Å²) in [4.78, 5) is 28.7. The molecule has 3 aromatic rings. The number of aryl methyl sites for hydroxylation is 2. The zero-order valence-corrected chi connectivity index (χ0v) is 14.6. The minimum absolute atomic E-state index is 0.322. The predicted molar refractivity (Wildman–Crippen MR) is 95.1 cm³/mol. The highest BCUT2D eigenvalue weighted by molar-refractivity contribution is 7.09. The van der Waals surface area contributed by atoms with Crippen LogP contribution >= 0.6 is 11.3 Å². The SMILES string of the molecule is Cc1nc(-c2cc(C(=O)O[C@H](C(N)=O)c3ccccc3)n(C)c2)cs1. The Kier molecular flexibility index (Phi) is 4.67. The van der Waals surface area contributed by atoms with Gasteiger partial charge >= 0.3 is 5.97 Å². The first kappa shape index (κ1) is 16.9. The van der Waals surface area contributed by atoms with Gasteiger partial charge in [-0.05, 0) is 13.0 Å². The maximum atomic E-state index is 12.5. The van der Waals surface area contributed by atoms with Gasteiger partial charge in [0, 0.05) is 29.8 Å². The van der Waals surface area contributed by atoms with E-state index in [1.54, 1.807) is 48.1 Å². The standard InChI is InChI=1S/C18H17N3O3S/c1-11-20-14(10-25-11)13-8-15(21(2)9-13)18(23)24-16(17(19)22)12-6-4-3-5-7-12/h3-10,16H,1-2H3,(H2,19,22)/t16-/m0/s1. The second kappa shape index (κ2) is 6.90. The van der Waals surface area contributed by atoms with E-state index in [1.807, 2.05) is 18.4 Å². The van der Waals surface area contributed by atoms with Crippen molar-refractivity contribution in [3.8, 4) is 11.3 Å². The van der Waals surface area contributed by atoms with E-state index in [0.29, 0.717) is 11.3 Å². The van der Waals surface area contributed by atoms with Crippen LogP contribution in [0.25, 0.3) is 11.3 Å². The van der Waals surface area contributed by atoms with Crippen LogP contribution in [0.4, 0.5) is 0 Å². The van der Waals surface area contributed by atoms with E-state index in [2.05, 4.69) is 4.98 Å². The van der Waals surface area contributed by atoms with Crippen molar-refractivity contribution in [3.05, 3.63) is 64.2 Å². The normalized spacial score (nSPS) is 11.9. The van der Waals surface area contributed by atoms with Crippen molar-refractivity contribution in [3.63, 3.8) is 0 Å². The molecule has 0 saturated carbocycles. The number of carbonyl (C=O) groups excluding carboxylic acids is 2. The van der Waals surface area contributed by atoms with E-state index in [1.165, 1.54) is 11.3 Å². The summed E-state index contributed by atoms with van der Waals surface area (Å²) in [6.07, 6.45) is 0.668. The largest absolute Gasteiger partial charge is 0.443 e. The average molecular weight is 355 g/mol. The molecule has 2 aromatic heterocycles. The Morgan fingerprint density at radius 2 is 2.00 bits per heavy atom. The molecule has 7 heteroatoms. The Balaban J connectivity index is 1.85. The van der Waals surface area contributed by atoms with Gasteiger partial charge in [-0.3, -0.25) is 4.79 Å². The van der Waals surface area contributed by atoms with Crippen LogP contribution in [-0.2, 0) is 16.6 Å². The summed E-state index contributed by atoms with van der Waals surface area (Å²) in [5.74, 6) is -1.34. The number of hydrogen-bond donors (Lipinski definition) is 1. The molecule has 0 aliphatic heterocycles. The number of nitrogens with zero attached hydrogens (tertiary/aromatic N) is 2. The topological polar surface area (TPSA) is 87.2 Å². The number of esters is 1. The maximum absolute atomic E-state index is 12.5. The Labute approximate surface area is 148 Å². The molecule has 0 aliphatic rings. The van der Waals surface area contributed by atoms with Gasteiger partial charge in [0.1, 0.15) is 5.69 Å².